The van der Waals surface area contributed by atoms with Crippen molar-refractivity contribution in [1.82, 2.24) is 9.97 Å². The monoisotopic (exact) mass is 367 g/mol. The van der Waals surface area contributed by atoms with E-state index in [0.29, 0.717) is 12.8 Å². The van der Waals surface area contributed by atoms with E-state index in [1.807, 2.05) is 24.4 Å². The number of hydrogen-bond acceptors (Lipinski definition) is 5. The summed E-state index contributed by atoms with van der Waals surface area (Å²) >= 11 is 4.96. The Morgan fingerprint density at radius 1 is 1.38 bits per heavy atom. The lowest BCUT2D eigenvalue weighted by Gasteiger charge is -2.29. The van der Waals surface area contributed by atoms with Crippen LogP contribution in [0.3, 0.4) is 0 Å². The van der Waals surface area contributed by atoms with Crippen LogP contribution in [0, 0.1) is 5.92 Å². The quantitative estimate of drug-likeness (QED) is 0.843. The first-order chi connectivity index (χ1) is 10.1. The van der Waals surface area contributed by atoms with Crippen LogP contribution in [-0.4, -0.2) is 34.1 Å². The molecule has 1 fully saturated rings. The predicted octanol–water partition coefficient (Wildman–Crippen LogP) is 3.27. The Morgan fingerprint density at radius 3 is 2.81 bits per heavy atom. The number of aliphatic carboxylic acids is 1. The zero-order chi connectivity index (χ0) is 14.8. The summed E-state index contributed by atoms with van der Waals surface area (Å²) in [5.41, 5.74) is 0.897. The normalized spacial score (nSPS) is 16.1. The first-order valence-corrected chi connectivity index (χ1v) is 8.31. The maximum atomic E-state index is 11.0. The van der Waals surface area contributed by atoms with Crippen LogP contribution in [-0.2, 0) is 4.79 Å². The molecule has 3 heterocycles. The smallest absolute Gasteiger partial charge is 0.306 e. The van der Waals surface area contributed by atoms with Gasteiger partial charge >= 0.3 is 5.97 Å². The van der Waals surface area contributed by atoms with Gasteiger partial charge in [-0.15, -0.1) is 0 Å². The molecule has 2 aromatic rings. The van der Waals surface area contributed by atoms with Gasteiger partial charge in [0.1, 0.15) is 4.60 Å². The number of carboxylic acids is 1. The highest BCUT2D eigenvalue weighted by atomic mass is 79.9. The van der Waals surface area contributed by atoms with Crippen LogP contribution in [0.5, 0.6) is 0 Å². The van der Waals surface area contributed by atoms with Crippen LogP contribution in [0.4, 0.5) is 5.13 Å². The topological polar surface area (TPSA) is 66.3 Å². The Morgan fingerprint density at radius 2 is 2.14 bits per heavy atom. The summed E-state index contributed by atoms with van der Waals surface area (Å²) in [6.45, 7) is 1.49. The molecule has 0 radical (unpaired) electrons. The van der Waals surface area contributed by atoms with Crippen molar-refractivity contribution in [2.45, 2.75) is 12.8 Å². The number of anilines is 1. The summed E-state index contributed by atoms with van der Waals surface area (Å²) in [5, 5.41) is 9.97. The molecule has 5 nitrogen and oxygen atoms in total. The van der Waals surface area contributed by atoms with Crippen LogP contribution in [0.25, 0.3) is 10.6 Å². The lowest BCUT2D eigenvalue weighted by molar-refractivity contribution is -0.142. The number of thiazole rings is 1. The van der Waals surface area contributed by atoms with Gasteiger partial charge in [-0.1, -0.05) is 17.4 Å². The number of hydrogen-bond donors (Lipinski definition) is 1. The lowest BCUT2D eigenvalue weighted by Crippen LogP contribution is -2.36. The molecule has 0 saturated carbocycles. The van der Waals surface area contributed by atoms with Crippen molar-refractivity contribution in [1.29, 1.82) is 0 Å². The average molecular weight is 368 g/mol. The van der Waals surface area contributed by atoms with Crippen LogP contribution in [0.15, 0.2) is 29.0 Å². The molecular formula is C14H14BrN3O2S. The summed E-state index contributed by atoms with van der Waals surface area (Å²) in [5.74, 6) is -0.903. The highest BCUT2D eigenvalue weighted by molar-refractivity contribution is 9.10. The second-order valence-corrected chi connectivity index (χ2v) is 6.77. The third-order valence-corrected chi connectivity index (χ3v) is 5.10. The van der Waals surface area contributed by atoms with Crippen molar-refractivity contribution >= 4 is 38.4 Å². The molecule has 110 valence electrons. The van der Waals surface area contributed by atoms with Gasteiger partial charge in [0.15, 0.2) is 5.13 Å². The Labute approximate surface area is 134 Å². The van der Waals surface area contributed by atoms with Crippen LogP contribution in [0.1, 0.15) is 12.8 Å². The predicted molar refractivity (Wildman–Crippen MR) is 85.6 cm³/mol. The highest BCUT2D eigenvalue weighted by Crippen LogP contribution is 2.32. The molecule has 0 spiro atoms. The van der Waals surface area contributed by atoms with Gasteiger partial charge in [0.2, 0.25) is 0 Å². The van der Waals surface area contributed by atoms with E-state index in [0.717, 1.165) is 33.4 Å². The van der Waals surface area contributed by atoms with Gasteiger partial charge in [0, 0.05) is 19.3 Å². The lowest BCUT2D eigenvalue weighted by atomic mass is 9.98. The molecule has 0 amide bonds. The number of aromatic nitrogens is 2. The fourth-order valence-corrected chi connectivity index (χ4v) is 3.67. The van der Waals surface area contributed by atoms with Crippen molar-refractivity contribution in [2.24, 2.45) is 5.92 Å². The second-order valence-electron chi connectivity index (χ2n) is 4.95. The van der Waals surface area contributed by atoms with E-state index in [-0.39, 0.29) is 5.92 Å². The fraction of sp³-hybridized carbons (Fsp3) is 0.357. The van der Waals surface area contributed by atoms with E-state index in [1.54, 1.807) is 11.3 Å². The zero-order valence-corrected chi connectivity index (χ0v) is 13.6. The third kappa shape index (κ3) is 3.24. The van der Waals surface area contributed by atoms with Crippen LogP contribution < -0.4 is 4.90 Å². The van der Waals surface area contributed by atoms with Gasteiger partial charge in [0.05, 0.1) is 16.5 Å². The molecular weight excluding hydrogens is 354 g/mol. The zero-order valence-electron chi connectivity index (χ0n) is 11.2. The summed E-state index contributed by atoms with van der Waals surface area (Å²) in [4.78, 5) is 23.0. The van der Waals surface area contributed by atoms with Crippen LogP contribution >= 0.6 is 27.3 Å². The first-order valence-electron chi connectivity index (χ1n) is 6.70. The Kier molecular flexibility index (Phi) is 4.21. The van der Waals surface area contributed by atoms with Crippen molar-refractivity contribution < 1.29 is 9.90 Å². The number of rotatable bonds is 3. The number of nitrogens with zero attached hydrogens (tertiary/aromatic N) is 3. The molecule has 0 atom stereocenters. The van der Waals surface area contributed by atoms with Crippen molar-refractivity contribution in [2.75, 3.05) is 18.0 Å². The van der Waals surface area contributed by atoms with Gasteiger partial charge in [-0.3, -0.25) is 4.79 Å². The average Bonchev–Trinajstić information content (AvgIpc) is 2.97. The van der Waals surface area contributed by atoms with E-state index < -0.39 is 5.97 Å². The molecule has 21 heavy (non-hydrogen) atoms. The first kappa shape index (κ1) is 14.5. The molecule has 1 aliphatic heterocycles. The largest absolute Gasteiger partial charge is 0.481 e. The fourth-order valence-electron chi connectivity index (χ4n) is 2.39. The summed E-state index contributed by atoms with van der Waals surface area (Å²) in [6.07, 6.45) is 3.19. The molecule has 0 bridgehead atoms. The molecule has 0 unspecified atom stereocenters. The van der Waals surface area contributed by atoms with Crippen molar-refractivity contribution in [3.63, 3.8) is 0 Å². The third-order valence-electron chi connectivity index (χ3n) is 3.58. The molecule has 0 aromatic carbocycles. The highest BCUT2D eigenvalue weighted by Gasteiger charge is 2.25. The van der Waals surface area contributed by atoms with Crippen molar-refractivity contribution in [3.05, 3.63) is 29.0 Å². The van der Waals surface area contributed by atoms with Crippen LogP contribution in [0.2, 0.25) is 0 Å². The van der Waals surface area contributed by atoms with Gasteiger partial charge in [-0.2, -0.15) is 0 Å². The Hall–Kier alpha value is -1.47. The number of halogens is 1. The molecule has 1 saturated heterocycles. The van der Waals surface area contributed by atoms with Gasteiger partial charge < -0.3 is 10.0 Å². The van der Waals surface area contributed by atoms with Crippen molar-refractivity contribution in [3.8, 4) is 10.6 Å². The molecule has 3 rings (SSSR count). The molecule has 1 N–H and O–H groups in total. The standard InChI is InChI=1S/C14H14BrN3O2S/c15-12-3-1-2-10(17-12)11-8-16-14(21-11)18-6-4-9(5-7-18)13(19)20/h1-3,8-9H,4-7H2,(H,19,20). The second kappa shape index (κ2) is 6.11. The Bertz CT molecular complexity index is 653. The van der Waals surface area contributed by atoms with E-state index in [1.165, 1.54) is 0 Å². The number of pyridine rings is 1. The Balaban J connectivity index is 1.73. The SMILES string of the molecule is O=C(O)C1CCN(c2ncc(-c3cccc(Br)n3)s2)CC1. The summed E-state index contributed by atoms with van der Waals surface area (Å²) in [7, 11) is 0. The summed E-state index contributed by atoms with van der Waals surface area (Å²) < 4.78 is 0.803. The number of carbonyl (C=O) groups is 1. The summed E-state index contributed by atoms with van der Waals surface area (Å²) in [6, 6.07) is 5.80. The van der Waals surface area contributed by atoms with Gasteiger partial charge in [0.25, 0.3) is 0 Å². The number of carboxylic acid groups (broad SMARTS) is 1. The minimum Gasteiger partial charge on any atom is -0.481 e. The van der Waals surface area contributed by atoms with E-state index in [2.05, 4.69) is 30.8 Å². The minimum absolute atomic E-state index is 0.215. The van der Waals surface area contributed by atoms with E-state index in [4.69, 9.17) is 5.11 Å². The minimum atomic E-state index is -0.687. The van der Waals surface area contributed by atoms with E-state index >= 15 is 0 Å². The van der Waals surface area contributed by atoms with Gasteiger partial charge in [-0.25, -0.2) is 9.97 Å². The maximum absolute atomic E-state index is 11.0. The van der Waals surface area contributed by atoms with Gasteiger partial charge in [-0.05, 0) is 40.9 Å². The molecule has 2 aromatic heterocycles. The molecule has 0 aliphatic carbocycles. The maximum Gasteiger partial charge on any atom is 0.306 e. The number of piperidine rings is 1. The van der Waals surface area contributed by atoms with E-state index in [9.17, 15) is 4.79 Å². The molecule has 7 heteroatoms. The molecule has 1 aliphatic rings.